The molecule has 4 heterocycles. The average molecular weight is 471 g/mol. The molecule has 33 heavy (non-hydrogen) atoms. The van der Waals surface area contributed by atoms with E-state index >= 15 is 0 Å². The van der Waals surface area contributed by atoms with Gasteiger partial charge in [-0.2, -0.15) is 0 Å². The van der Waals surface area contributed by atoms with Gasteiger partial charge in [-0.1, -0.05) is 0 Å². The van der Waals surface area contributed by atoms with Crippen LogP contribution >= 0.6 is 11.3 Å². The minimum atomic E-state index is -0.601. The highest BCUT2D eigenvalue weighted by atomic mass is 32.1. The maximum atomic E-state index is 11.1. The van der Waals surface area contributed by atoms with E-state index in [4.69, 9.17) is 9.47 Å². The Balaban J connectivity index is 1.36. The summed E-state index contributed by atoms with van der Waals surface area (Å²) in [6.07, 6.45) is 1.33. The first-order valence-electron chi connectivity index (χ1n) is 11.5. The number of benzene rings is 1. The van der Waals surface area contributed by atoms with E-state index in [9.17, 15) is 5.11 Å². The van der Waals surface area contributed by atoms with Crippen molar-refractivity contribution < 1.29 is 14.6 Å². The molecular formula is C23H30N6O3S. The van der Waals surface area contributed by atoms with Crippen LogP contribution in [0.1, 0.15) is 34.5 Å². The van der Waals surface area contributed by atoms with Crippen molar-refractivity contribution in [3.63, 3.8) is 0 Å². The summed E-state index contributed by atoms with van der Waals surface area (Å²) < 4.78 is 10.7. The quantitative estimate of drug-likeness (QED) is 0.583. The lowest BCUT2D eigenvalue weighted by Gasteiger charge is -2.35. The van der Waals surface area contributed by atoms with Crippen molar-refractivity contribution in [3.8, 4) is 0 Å². The van der Waals surface area contributed by atoms with Crippen molar-refractivity contribution >= 4 is 33.7 Å². The third-order valence-electron chi connectivity index (χ3n) is 6.53. The number of rotatable bonds is 6. The second-order valence-electron chi connectivity index (χ2n) is 8.70. The highest BCUT2D eigenvalue weighted by molar-refractivity contribution is 7.11. The largest absolute Gasteiger partial charge is 0.386 e. The summed E-state index contributed by atoms with van der Waals surface area (Å²) in [4.78, 5) is 10.2. The molecule has 2 aliphatic rings. The second kappa shape index (κ2) is 9.84. The molecule has 1 aromatic carbocycles. The summed E-state index contributed by atoms with van der Waals surface area (Å²) >= 11 is 1.54. The van der Waals surface area contributed by atoms with Crippen LogP contribution < -0.4 is 9.80 Å². The Bertz CT molecular complexity index is 1100. The molecule has 2 aliphatic heterocycles. The molecule has 3 aromatic rings. The third kappa shape index (κ3) is 4.65. The molecule has 9 nitrogen and oxygen atoms in total. The lowest BCUT2D eigenvalue weighted by Crippen LogP contribution is -2.38. The van der Waals surface area contributed by atoms with Gasteiger partial charge in [0.25, 0.3) is 0 Å². The van der Waals surface area contributed by atoms with Crippen LogP contribution in [-0.4, -0.2) is 72.0 Å². The van der Waals surface area contributed by atoms with Crippen LogP contribution in [0.5, 0.6) is 0 Å². The fraction of sp³-hybridized carbons (Fsp3) is 0.565. The number of piperidine rings is 1. The Morgan fingerprint density at radius 3 is 2.88 bits per heavy atom. The number of morpholine rings is 1. The molecule has 10 heteroatoms. The summed E-state index contributed by atoms with van der Waals surface area (Å²) in [5.41, 5.74) is 2.91. The van der Waals surface area contributed by atoms with Gasteiger partial charge in [-0.25, -0.2) is 4.98 Å². The summed E-state index contributed by atoms with van der Waals surface area (Å²) in [6.45, 7) is 7.33. The van der Waals surface area contributed by atoms with Crippen LogP contribution in [0.3, 0.4) is 0 Å². The highest BCUT2D eigenvalue weighted by Crippen LogP contribution is 2.36. The van der Waals surface area contributed by atoms with E-state index in [1.165, 1.54) is 0 Å². The number of methoxy groups -OCH3 is 1. The maximum Gasteiger partial charge on any atom is 0.162 e. The number of anilines is 2. The van der Waals surface area contributed by atoms with Crippen LogP contribution in [0.2, 0.25) is 0 Å². The number of hydrogen-bond acceptors (Lipinski definition) is 10. The topological polar surface area (TPSA) is 96.7 Å². The van der Waals surface area contributed by atoms with Crippen molar-refractivity contribution in [2.75, 3.05) is 56.3 Å². The number of hydrogen-bond donors (Lipinski definition) is 1. The SMILES string of the molecule is COCc1sc([C@H](O)[C@H]2CCCN(c3nnnc4cc(N5CCOCC5)ccc34)C2)nc1C. The summed E-state index contributed by atoms with van der Waals surface area (Å²) in [6, 6.07) is 6.32. The fourth-order valence-corrected chi connectivity index (χ4v) is 5.83. The molecule has 2 saturated heterocycles. The third-order valence-corrected chi connectivity index (χ3v) is 7.73. The molecule has 0 radical (unpaired) electrons. The van der Waals surface area contributed by atoms with Gasteiger partial charge < -0.3 is 24.4 Å². The lowest BCUT2D eigenvalue weighted by molar-refractivity contribution is 0.0976. The minimum absolute atomic E-state index is 0.0809. The number of aromatic nitrogens is 4. The standard InChI is InChI=1S/C23H30N6O3S/c1-15-20(14-31-2)33-23(24-15)21(30)16-4-3-7-29(13-16)22-18-6-5-17(12-19(18)25-27-26-22)28-8-10-32-11-9-28/h5-6,12,16,21,30H,3-4,7-11,13-14H2,1-2H3/t16-,21+/m0/s1. The molecule has 0 saturated carbocycles. The number of fused-ring (bicyclic) bond motifs is 1. The number of thiazole rings is 1. The molecule has 2 atom stereocenters. The van der Waals surface area contributed by atoms with E-state index in [1.54, 1.807) is 18.4 Å². The normalized spacial score (nSPS) is 20.4. The first kappa shape index (κ1) is 22.4. The molecule has 0 aliphatic carbocycles. The maximum absolute atomic E-state index is 11.1. The molecular weight excluding hydrogens is 440 g/mol. The number of nitrogens with zero attached hydrogens (tertiary/aromatic N) is 6. The Morgan fingerprint density at radius 2 is 2.06 bits per heavy atom. The minimum Gasteiger partial charge on any atom is -0.386 e. The van der Waals surface area contributed by atoms with Crippen LogP contribution in [0, 0.1) is 12.8 Å². The van der Waals surface area contributed by atoms with Crippen molar-refractivity contribution in [1.29, 1.82) is 0 Å². The Labute approximate surface area is 197 Å². The van der Waals surface area contributed by atoms with Crippen molar-refractivity contribution in [2.45, 2.75) is 32.5 Å². The smallest absolute Gasteiger partial charge is 0.162 e. The zero-order valence-corrected chi connectivity index (χ0v) is 19.9. The first-order valence-corrected chi connectivity index (χ1v) is 12.3. The van der Waals surface area contributed by atoms with Crippen molar-refractivity contribution in [1.82, 2.24) is 20.4 Å². The molecule has 0 bridgehead atoms. The van der Waals surface area contributed by atoms with Gasteiger partial charge in [0, 0.05) is 50.3 Å². The summed E-state index contributed by atoms with van der Waals surface area (Å²) in [7, 11) is 1.68. The van der Waals surface area contributed by atoms with E-state index in [-0.39, 0.29) is 5.92 Å². The number of ether oxygens (including phenoxy) is 2. The Morgan fingerprint density at radius 1 is 1.21 bits per heavy atom. The molecule has 2 fully saturated rings. The van der Waals surface area contributed by atoms with Crippen LogP contribution in [-0.2, 0) is 16.1 Å². The Hall–Kier alpha value is -2.40. The number of aryl methyl sites for hydroxylation is 1. The monoisotopic (exact) mass is 470 g/mol. The summed E-state index contributed by atoms with van der Waals surface area (Å²) in [5.74, 6) is 0.915. The van der Waals surface area contributed by atoms with Crippen LogP contribution in [0.15, 0.2) is 18.2 Å². The average Bonchev–Trinajstić information content (AvgIpc) is 3.23. The molecule has 0 spiro atoms. The number of aliphatic hydroxyl groups is 1. The van der Waals surface area contributed by atoms with Gasteiger partial charge in [0.2, 0.25) is 0 Å². The van der Waals surface area contributed by atoms with E-state index in [2.05, 4.69) is 48.4 Å². The van der Waals surface area contributed by atoms with Crippen molar-refractivity contribution in [3.05, 3.63) is 33.8 Å². The van der Waals surface area contributed by atoms with Gasteiger partial charge in [-0.3, -0.25) is 0 Å². The zero-order chi connectivity index (χ0) is 22.8. The predicted octanol–water partition coefficient (Wildman–Crippen LogP) is 2.72. The molecule has 0 unspecified atom stereocenters. The number of aliphatic hydroxyl groups excluding tert-OH is 1. The van der Waals surface area contributed by atoms with Gasteiger partial charge in [0.15, 0.2) is 5.82 Å². The van der Waals surface area contributed by atoms with E-state index < -0.39 is 6.10 Å². The van der Waals surface area contributed by atoms with Crippen LogP contribution in [0.4, 0.5) is 11.5 Å². The Kier molecular flexibility index (Phi) is 6.68. The van der Waals surface area contributed by atoms with Gasteiger partial charge in [0.05, 0.1) is 30.4 Å². The van der Waals surface area contributed by atoms with Gasteiger partial charge in [0.1, 0.15) is 16.6 Å². The summed E-state index contributed by atoms with van der Waals surface area (Å²) in [5, 5.41) is 25.7. The van der Waals surface area contributed by atoms with E-state index in [1.807, 2.05) is 6.92 Å². The fourth-order valence-electron chi connectivity index (χ4n) is 4.71. The van der Waals surface area contributed by atoms with E-state index in [0.717, 1.165) is 83.7 Å². The van der Waals surface area contributed by atoms with Crippen molar-refractivity contribution in [2.24, 2.45) is 5.92 Å². The molecule has 1 N–H and O–H groups in total. The van der Waals surface area contributed by atoms with E-state index in [0.29, 0.717) is 13.2 Å². The zero-order valence-electron chi connectivity index (χ0n) is 19.1. The lowest BCUT2D eigenvalue weighted by atomic mass is 9.92. The molecule has 5 rings (SSSR count). The van der Waals surface area contributed by atoms with Gasteiger partial charge in [-0.05, 0) is 43.2 Å². The predicted molar refractivity (Wildman–Crippen MR) is 128 cm³/mol. The highest BCUT2D eigenvalue weighted by Gasteiger charge is 2.31. The van der Waals surface area contributed by atoms with Gasteiger partial charge >= 0.3 is 0 Å². The van der Waals surface area contributed by atoms with Crippen LogP contribution in [0.25, 0.3) is 10.9 Å². The van der Waals surface area contributed by atoms with Gasteiger partial charge in [-0.15, -0.1) is 21.5 Å². The first-order chi connectivity index (χ1) is 16.1. The second-order valence-corrected chi connectivity index (χ2v) is 9.82. The molecule has 2 aromatic heterocycles. The molecule has 176 valence electrons. The molecule has 0 amide bonds.